The predicted octanol–water partition coefficient (Wildman–Crippen LogP) is 7.53. The third-order valence-electron chi connectivity index (χ3n) is 7.16. The molecule has 1 unspecified atom stereocenters. The maximum Gasteiger partial charge on any atom is 0.103 e. The number of nitrogens with one attached hydrogen (secondary N) is 1. The van der Waals surface area contributed by atoms with Crippen LogP contribution in [0.25, 0.3) is 5.70 Å². The highest BCUT2D eigenvalue weighted by molar-refractivity contribution is 6.30. The number of allylic oxidation sites excluding steroid dienone is 5. The fourth-order valence-electron chi connectivity index (χ4n) is 5.26. The second kappa shape index (κ2) is 15.2. The molecule has 0 aromatic heterocycles. The van der Waals surface area contributed by atoms with Crippen LogP contribution in [0.4, 0.5) is 0 Å². The Labute approximate surface area is 244 Å². The van der Waals surface area contributed by atoms with Gasteiger partial charge in [0.15, 0.2) is 0 Å². The standard InChI is InChI=1S/C33H48BClN4/c1-10-13-26(5)39(33(7,8)34)21-19-37-25(4)15-16-28-17-18-29(35)23-30(28)27(6)38-20-12-11-14-32(38)31(36-9)22-24(2)3/h10,13,17-18,22-23,32,37H,1,4,6,11-12,14-16,19-21H2,2-3,5,7-9H3/b26-13+,36-31?. The molecule has 1 N–H and O–H groups in total. The number of rotatable bonds is 14. The van der Waals surface area contributed by atoms with Crippen LogP contribution in [0.5, 0.6) is 0 Å². The van der Waals surface area contributed by atoms with Crippen molar-refractivity contribution < 1.29 is 0 Å². The van der Waals surface area contributed by atoms with E-state index >= 15 is 0 Å². The Kier molecular flexibility index (Phi) is 12.7. The Bertz CT molecular complexity index is 1110. The summed E-state index contributed by atoms with van der Waals surface area (Å²) in [6.07, 6.45) is 11.1. The summed E-state index contributed by atoms with van der Waals surface area (Å²) in [5.74, 6) is 0. The molecule has 1 aliphatic heterocycles. The summed E-state index contributed by atoms with van der Waals surface area (Å²) in [4.78, 5) is 9.25. The SMILES string of the molecule is [B]C(C)(C)N(CCNC(=C)CCc1ccc(Cl)cc1C(=C)N1CCCCC1C(C=C(C)C)=NC)/C(C)=C/C=C. The van der Waals surface area contributed by atoms with Gasteiger partial charge in [0, 0.05) is 54.4 Å². The van der Waals surface area contributed by atoms with Crippen LogP contribution in [-0.4, -0.2) is 61.5 Å². The van der Waals surface area contributed by atoms with E-state index < -0.39 is 5.44 Å². The van der Waals surface area contributed by atoms with Gasteiger partial charge in [0.1, 0.15) is 7.85 Å². The minimum Gasteiger partial charge on any atom is -0.387 e. The van der Waals surface area contributed by atoms with Crippen molar-refractivity contribution in [2.24, 2.45) is 4.99 Å². The van der Waals surface area contributed by atoms with Crippen molar-refractivity contribution in [3.05, 3.63) is 89.3 Å². The van der Waals surface area contributed by atoms with Crippen molar-refractivity contribution >= 4 is 30.9 Å². The lowest BCUT2D eigenvalue weighted by Gasteiger charge is -2.39. The van der Waals surface area contributed by atoms with Crippen molar-refractivity contribution in [3.63, 3.8) is 0 Å². The van der Waals surface area contributed by atoms with Gasteiger partial charge in [-0.2, -0.15) is 0 Å². The van der Waals surface area contributed by atoms with Gasteiger partial charge in [-0.3, -0.25) is 4.99 Å². The average Bonchev–Trinajstić information content (AvgIpc) is 2.87. The first-order valence-corrected chi connectivity index (χ1v) is 14.4. The molecule has 0 saturated carbocycles. The fraction of sp³-hybridized carbons (Fsp3) is 0.485. The van der Waals surface area contributed by atoms with E-state index in [1.807, 2.05) is 33.0 Å². The minimum absolute atomic E-state index is 0.225. The van der Waals surface area contributed by atoms with Gasteiger partial charge >= 0.3 is 0 Å². The molecule has 0 amide bonds. The summed E-state index contributed by atoms with van der Waals surface area (Å²) >= 11 is 6.49. The Balaban J connectivity index is 2.12. The molecular weight excluding hydrogens is 499 g/mol. The number of nitrogens with zero attached hydrogens (tertiary/aromatic N) is 3. The van der Waals surface area contributed by atoms with Crippen LogP contribution in [0.1, 0.15) is 71.4 Å². The Morgan fingerprint density at radius 2 is 1.97 bits per heavy atom. The second-order valence-corrected chi connectivity index (χ2v) is 11.6. The monoisotopic (exact) mass is 546 g/mol. The van der Waals surface area contributed by atoms with Crippen LogP contribution >= 0.6 is 11.6 Å². The number of hydrogen-bond donors (Lipinski definition) is 1. The van der Waals surface area contributed by atoms with Gasteiger partial charge in [-0.25, -0.2) is 0 Å². The molecule has 1 saturated heterocycles. The summed E-state index contributed by atoms with van der Waals surface area (Å²) in [5, 5.41) is 4.22. The maximum atomic E-state index is 6.49. The molecule has 0 bridgehead atoms. The highest BCUT2D eigenvalue weighted by Crippen LogP contribution is 2.32. The quantitative estimate of drug-likeness (QED) is 0.149. The van der Waals surface area contributed by atoms with E-state index in [0.29, 0.717) is 0 Å². The average molecular weight is 547 g/mol. The lowest BCUT2D eigenvalue weighted by atomic mass is 9.79. The predicted molar refractivity (Wildman–Crippen MR) is 174 cm³/mol. The Morgan fingerprint density at radius 3 is 2.59 bits per heavy atom. The number of benzene rings is 1. The number of aryl methyl sites for hydroxylation is 1. The maximum absolute atomic E-state index is 6.49. The van der Waals surface area contributed by atoms with E-state index in [1.54, 1.807) is 6.08 Å². The van der Waals surface area contributed by atoms with Crippen molar-refractivity contribution in [1.82, 2.24) is 15.1 Å². The molecule has 0 aliphatic carbocycles. The molecular formula is C33H48BClN4. The van der Waals surface area contributed by atoms with Gasteiger partial charge in [0.2, 0.25) is 0 Å². The van der Waals surface area contributed by atoms with E-state index in [1.165, 1.54) is 17.6 Å². The molecule has 4 nitrogen and oxygen atoms in total. The number of halogens is 1. The van der Waals surface area contributed by atoms with Gasteiger partial charge in [-0.05, 0) is 88.2 Å². The summed E-state index contributed by atoms with van der Waals surface area (Å²) in [5.41, 5.74) is 7.35. The van der Waals surface area contributed by atoms with Crippen molar-refractivity contribution in [1.29, 1.82) is 0 Å². The third-order valence-corrected chi connectivity index (χ3v) is 7.39. The van der Waals surface area contributed by atoms with Crippen LogP contribution in [0.2, 0.25) is 5.02 Å². The molecule has 210 valence electrons. The van der Waals surface area contributed by atoms with Crippen LogP contribution < -0.4 is 5.32 Å². The lowest BCUT2D eigenvalue weighted by molar-refractivity contribution is 0.248. The van der Waals surface area contributed by atoms with E-state index in [-0.39, 0.29) is 6.04 Å². The molecule has 0 spiro atoms. The molecule has 2 rings (SSSR count). The summed E-state index contributed by atoms with van der Waals surface area (Å²) in [6, 6.07) is 6.38. The van der Waals surface area contributed by atoms with E-state index in [0.717, 1.165) is 78.7 Å². The first-order chi connectivity index (χ1) is 18.4. The molecule has 1 aliphatic rings. The molecule has 1 aromatic carbocycles. The lowest BCUT2D eigenvalue weighted by Crippen LogP contribution is -2.46. The second-order valence-electron chi connectivity index (χ2n) is 11.2. The molecule has 1 aromatic rings. The molecule has 2 radical (unpaired) electrons. The number of piperidine rings is 1. The zero-order valence-electron chi connectivity index (χ0n) is 25.1. The fourth-order valence-corrected chi connectivity index (χ4v) is 5.43. The minimum atomic E-state index is -0.467. The van der Waals surface area contributed by atoms with Crippen molar-refractivity contribution in [2.45, 2.75) is 78.2 Å². The number of aliphatic imine (C=N–C) groups is 1. The highest BCUT2D eigenvalue weighted by atomic mass is 35.5. The first-order valence-electron chi connectivity index (χ1n) is 14.0. The van der Waals surface area contributed by atoms with E-state index in [9.17, 15) is 0 Å². The smallest absolute Gasteiger partial charge is 0.103 e. The summed E-state index contributed by atoms with van der Waals surface area (Å²) in [6.45, 7) is 25.5. The summed E-state index contributed by atoms with van der Waals surface area (Å²) in [7, 11) is 8.30. The van der Waals surface area contributed by atoms with Crippen LogP contribution in [0.15, 0.2) is 78.1 Å². The first kappa shape index (κ1) is 32.6. The Morgan fingerprint density at radius 1 is 1.26 bits per heavy atom. The molecule has 1 fully saturated rings. The zero-order valence-corrected chi connectivity index (χ0v) is 25.9. The van der Waals surface area contributed by atoms with Gasteiger partial charge in [-0.1, -0.05) is 62.9 Å². The van der Waals surface area contributed by atoms with Crippen LogP contribution in [0.3, 0.4) is 0 Å². The Hall–Kier alpha value is -2.66. The van der Waals surface area contributed by atoms with Crippen LogP contribution in [-0.2, 0) is 6.42 Å². The number of hydrogen-bond acceptors (Lipinski definition) is 4. The van der Waals surface area contributed by atoms with Crippen molar-refractivity contribution in [3.8, 4) is 0 Å². The largest absolute Gasteiger partial charge is 0.387 e. The molecule has 39 heavy (non-hydrogen) atoms. The molecule has 1 atom stereocenters. The van der Waals surface area contributed by atoms with E-state index in [4.69, 9.17) is 19.4 Å². The van der Waals surface area contributed by atoms with Gasteiger partial charge in [0.05, 0.1) is 11.8 Å². The third kappa shape index (κ3) is 9.79. The van der Waals surface area contributed by atoms with Crippen molar-refractivity contribution in [2.75, 3.05) is 26.7 Å². The normalized spacial score (nSPS) is 16.5. The van der Waals surface area contributed by atoms with E-state index in [2.05, 4.69) is 78.8 Å². The zero-order chi connectivity index (χ0) is 29.2. The summed E-state index contributed by atoms with van der Waals surface area (Å²) < 4.78 is 0. The molecule has 6 heteroatoms. The van der Waals surface area contributed by atoms with Gasteiger partial charge < -0.3 is 15.1 Å². The topological polar surface area (TPSA) is 30.9 Å². The van der Waals surface area contributed by atoms with Gasteiger partial charge in [-0.15, -0.1) is 0 Å². The molecule has 1 heterocycles. The highest BCUT2D eigenvalue weighted by Gasteiger charge is 2.28. The van der Waals surface area contributed by atoms with Crippen LogP contribution in [0, 0.1) is 0 Å². The number of likely N-dealkylation sites (tertiary alicyclic amines) is 1. The van der Waals surface area contributed by atoms with Gasteiger partial charge in [0.25, 0.3) is 0 Å².